The average Bonchev–Trinajstić information content (AvgIpc) is 3.06. The first-order valence-corrected chi connectivity index (χ1v) is 7.33. The Morgan fingerprint density at radius 1 is 1.29 bits per heavy atom. The Morgan fingerprint density at radius 2 is 2.14 bits per heavy atom. The van der Waals surface area contributed by atoms with Crippen molar-refractivity contribution in [1.29, 1.82) is 0 Å². The summed E-state index contributed by atoms with van der Waals surface area (Å²) in [5.41, 5.74) is 2.20. The molecule has 0 radical (unpaired) electrons. The summed E-state index contributed by atoms with van der Waals surface area (Å²) in [5, 5.41) is 5.53. The molecule has 0 unspecified atom stereocenters. The lowest BCUT2D eigenvalue weighted by Crippen LogP contribution is -2.23. The van der Waals surface area contributed by atoms with E-state index in [2.05, 4.69) is 16.2 Å². The molecule has 102 valence electrons. The summed E-state index contributed by atoms with van der Waals surface area (Å²) in [4.78, 5) is 18.0. The maximum absolute atomic E-state index is 12.3. The van der Waals surface area contributed by atoms with Crippen molar-refractivity contribution in [3.63, 3.8) is 0 Å². The van der Waals surface area contributed by atoms with Crippen molar-refractivity contribution >= 4 is 28.1 Å². The summed E-state index contributed by atoms with van der Waals surface area (Å²) in [6.45, 7) is 0.212. The fourth-order valence-corrected chi connectivity index (χ4v) is 2.83. The second kappa shape index (κ2) is 5.78. The van der Waals surface area contributed by atoms with Crippen LogP contribution < -0.4 is 5.32 Å². The molecule has 0 spiro atoms. The van der Waals surface area contributed by atoms with Gasteiger partial charge in [-0.2, -0.15) is 0 Å². The highest BCUT2D eigenvalue weighted by atomic mass is 32.1. The molecule has 0 fully saturated rings. The Hall–Kier alpha value is -2.64. The van der Waals surface area contributed by atoms with Crippen LogP contribution >= 0.6 is 11.3 Å². The summed E-state index contributed by atoms with van der Waals surface area (Å²) in [5.74, 6) is 2.24. The monoisotopic (exact) mass is 292 g/mol. The Morgan fingerprint density at radius 3 is 2.90 bits per heavy atom. The topological polar surface area (TPSA) is 42.0 Å². The molecule has 4 heteroatoms. The molecule has 0 bridgehead atoms. The molecule has 3 aromatic rings. The number of benzene rings is 1. The molecule has 1 N–H and O–H groups in total. The molecule has 0 saturated carbocycles. The molecule has 1 amide bonds. The van der Waals surface area contributed by atoms with Crippen LogP contribution in [0.15, 0.2) is 47.8 Å². The second-order valence-corrected chi connectivity index (χ2v) is 5.38. The molecule has 1 aromatic carbocycles. The molecule has 3 nitrogen and oxygen atoms in total. The molecule has 3 rings (SSSR count). The number of aromatic nitrogens is 1. The number of thiophene rings is 1. The van der Waals surface area contributed by atoms with Gasteiger partial charge in [-0.3, -0.25) is 4.79 Å². The van der Waals surface area contributed by atoms with Crippen molar-refractivity contribution < 1.29 is 4.79 Å². The van der Waals surface area contributed by atoms with Crippen molar-refractivity contribution in [3.05, 3.63) is 53.4 Å². The van der Waals surface area contributed by atoms with Gasteiger partial charge in [-0.1, -0.05) is 30.2 Å². The van der Waals surface area contributed by atoms with Crippen LogP contribution in [0.2, 0.25) is 0 Å². The van der Waals surface area contributed by atoms with Crippen LogP contribution in [0, 0.1) is 12.3 Å². The lowest BCUT2D eigenvalue weighted by Gasteiger charge is -2.08. The Kier molecular flexibility index (Phi) is 3.67. The third-order valence-corrected chi connectivity index (χ3v) is 3.98. The molecule has 0 aliphatic heterocycles. The number of nitrogens with one attached hydrogen (secondary N) is 1. The zero-order valence-electron chi connectivity index (χ0n) is 11.2. The number of carbonyl (C=O) groups excluding carboxylic acids is 1. The van der Waals surface area contributed by atoms with E-state index in [0.29, 0.717) is 5.56 Å². The molecular formula is C17H12N2OS. The van der Waals surface area contributed by atoms with E-state index < -0.39 is 0 Å². The summed E-state index contributed by atoms with van der Waals surface area (Å²) < 4.78 is 0. The van der Waals surface area contributed by atoms with Crippen LogP contribution in [0.3, 0.4) is 0 Å². The summed E-state index contributed by atoms with van der Waals surface area (Å²) >= 11 is 1.60. The number of hydrogen-bond donors (Lipinski definition) is 1. The van der Waals surface area contributed by atoms with Crippen LogP contribution in [0.1, 0.15) is 10.4 Å². The number of nitrogens with zero attached hydrogens (tertiary/aromatic N) is 1. The number of pyridine rings is 1. The number of hydrogen-bond acceptors (Lipinski definition) is 3. The number of para-hydroxylation sites is 1. The first-order valence-electron chi connectivity index (χ1n) is 6.45. The molecule has 21 heavy (non-hydrogen) atoms. The smallest absolute Gasteiger partial charge is 0.252 e. The van der Waals surface area contributed by atoms with Gasteiger partial charge < -0.3 is 5.32 Å². The first kappa shape index (κ1) is 13.3. The van der Waals surface area contributed by atoms with E-state index in [4.69, 9.17) is 6.42 Å². The van der Waals surface area contributed by atoms with Crippen LogP contribution in [0.5, 0.6) is 0 Å². The van der Waals surface area contributed by atoms with Crippen molar-refractivity contribution in [2.45, 2.75) is 0 Å². The SMILES string of the molecule is C#CCNC(=O)c1cc(-c2cccs2)nc2ccccc12. The average molecular weight is 292 g/mol. The standard InChI is InChI=1S/C17H12N2OS/c1-2-9-18-17(20)13-11-15(16-8-5-10-21-16)19-14-7-4-3-6-12(13)14/h1,3-8,10-11H,9H2,(H,18,20). The van der Waals surface area contributed by atoms with Gasteiger partial charge in [0.15, 0.2) is 0 Å². The molecule has 0 atom stereocenters. The van der Waals surface area contributed by atoms with Gasteiger partial charge in [0, 0.05) is 5.39 Å². The van der Waals surface area contributed by atoms with Gasteiger partial charge in [0.05, 0.1) is 28.2 Å². The van der Waals surface area contributed by atoms with Crippen molar-refractivity contribution in [2.24, 2.45) is 0 Å². The molecule has 2 aromatic heterocycles. The minimum absolute atomic E-state index is 0.177. The molecule has 0 saturated heterocycles. The van der Waals surface area contributed by atoms with Gasteiger partial charge >= 0.3 is 0 Å². The summed E-state index contributed by atoms with van der Waals surface area (Å²) in [7, 11) is 0. The summed E-state index contributed by atoms with van der Waals surface area (Å²) in [6.07, 6.45) is 5.20. The third-order valence-electron chi connectivity index (χ3n) is 3.09. The number of rotatable bonds is 3. The van der Waals surface area contributed by atoms with Gasteiger partial charge in [-0.25, -0.2) is 4.98 Å². The normalized spacial score (nSPS) is 10.2. The number of terminal acetylenes is 1. The molecule has 0 aliphatic rings. The number of carbonyl (C=O) groups is 1. The predicted molar refractivity (Wildman–Crippen MR) is 86.2 cm³/mol. The van der Waals surface area contributed by atoms with E-state index in [1.807, 2.05) is 47.8 Å². The minimum Gasteiger partial charge on any atom is -0.341 e. The van der Waals surface area contributed by atoms with Gasteiger partial charge in [-0.15, -0.1) is 17.8 Å². The van der Waals surface area contributed by atoms with E-state index in [9.17, 15) is 4.79 Å². The Bertz CT molecular complexity index is 832. The lowest BCUT2D eigenvalue weighted by molar-refractivity contribution is 0.0960. The zero-order chi connectivity index (χ0) is 14.7. The number of fused-ring (bicyclic) bond motifs is 1. The highest BCUT2D eigenvalue weighted by Gasteiger charge is 2.13. The fraction of sp³-hybridized carbons (Fsp3) is 0.0588. The maximum atomic E-state index is 12.3. The van der Waals surface area contributed by atoms with E-state index in [1.54, 1.807) is 11.3 Å². The minimum atomic E-state index is -0.177. The lowest BCUT2D eigenvalue weighted by atomic mass is 10.1. The third kappa shape index (κ3) is 2.64. The van der Waals surface area contributed by atoms with Crippen LogP contribution in [0.25, 0.3) is 21.5 Å². The zero-order valence-corrected chi connectivity index (χ0v) is 12.0. The van der Waals surface area contributed by atoms with Crippen molar-refractivity contribution in [1.82, 2.24) is 10.3 Å². The highest BCUT2D eigenvalue weighted by molar-refractivity contribution is 7.13. The van der Waals surface area contributed by atoms with Crippen molar-refractivity contribution in [2.75, 3.05) is 6.54 Å². The van der Waals surface area contributed by atoms with Gasteiger partial charge in [0.25, 0.3) is 5.91 Å². The van der Waals surface area contributed by atoms with E-state index >= 15 is 0 Å². The quantitative estimate of drug-likeness (QED) is 0.752. The van der Waals surface area contributed by atoms with E-state index in [0.717, 1.165) is 21.5 Å². The Balaban J connectivity index is 2.16. The number of amides is 1. The second-order valence-electron chi connectivity index (χ2n) is 4.44. The highest BCUT2D eigenvalue weighted by Crippen LogP contribution is 2.27. The molecule has 2 heterocycles. The van der Waals surface area contributed by atoms with E-state index in [1.165, 1.54) is 0 Å². The van der Waals surface area contributed by atoms with E-state index in [-0.39, 0.29) is 12.5 Å². The van der Waals surface area contributed by atoms with Crippen LogP contribution in [0.4, 0.5) is 0 Å². The van der Waals surface area contributed by atoms with Gasteiger partial charge in [0.2, 0.25) is 0 Å². The maximum Gasteiger partial charge on any atom is 0.252 e. The predicted octanol–water partition coefficient (Wildman–Crippen LogP) is 3.33. The fourth-order valence-electron chi connectivity index (χ4n) is 2.14. The van der Waals surface area contributed by atoms with Crippen LogP contribution in [-0.4, -0.2) is 17.4 Å². The molecular weight excluding hydrogens is 280 g/mol. The van der Waals surface area contributed by atoms with Crippen molar-refractivity contribution in [3.8, 4) is 22.9 Å². The largest absolute Gasteiger partial charge is 0.341 e. The summed E-state index contributed by atoms with van der Waals surface area (Å²) in [6, 6.07) is 13.4. The van der Waals surface area contributed by atoms with Gasteiger partial charge in [-0.05, 0) is 23.6 Å². The van der Waals surface area contributed by atoms with Gasteiger partial charge in [0.1, 0.15) is 0 Å². The van der Waals surface area contributed by atoms with Crippen LogP contribution in [-0.2, 0) is 0 Å². The molecule has 0 aliphatic carbocycles. The first-order chi connectivity index (χ1) is 10.3. The Labute approximate surface area is 126 Å².